The summed E-state index contributed by atoms with van der Waals surface area (Å²) in [5, 5.41) is 2.76. The zero-order chi connectivity index (χ0) is 14.7. The van der Waals surface area contributed by atoms with E-state index in [1.165, 1.54) is 7.11 Å². The Morgan fingerprint density at radius 1 is 1.15 bits per heavy atom. The van der Waals surface area contributed by atoms with Crippen molar-refractivity contribution < 1.29 is 18.7 Å². The van der Waals surface area contributed by atoms with E-state index in [4.69, 9.17) is 13.9 Å². The molecule has 20 heavy (non-hydrogen) atoms. The van der Waals surface area contributed by atoms with Crippen molar-refractivity contribution in [2.75, 3.05) is 19.5 Å². The normalized spacial score (nSPS) is 10.2. The Morgan fingerprint density at radius 2 is 1.90 bits per heavy atom. The first-order chi connectivity index (χ1) is 9.55. The van der Waals surface area contributed by atoms with E-state index in [1.54, 1.807) is 31.4 Å². The Balaban J connectivity index is 2.23. The number of aryl methyl sites for hydroxylation is 2. The molecular weight excluding hydrogens is 258 g/mol. The van der Waals surface area contributed by atoms with E-state index in [1.807, 2.05) is 13.8 Å². The minimum Gasteiger partial charge on any atom is -0.497 e. The first kappa shape index (κ1) is 14.0. The van der Waals surface area contributed by atoms with Gasteiger partial charge in [0.2, 0.25) is 0 Å². The van der Waals surface area contributed by atoms with Crippen molar-refractivity contribution in [2.45, 2.75) is 13.8 Å². The smallest absolute Gasteiger partial charge is 0.291 e. The van der Waals surface area contributed by atoms with E-state index in [-0.39, 0.29) is 11.7 Å². The highest BCUT2D eigenvalue weighted by Gasteiger charge is 2.15. The van der Waals surface area contributed by atoms with Crippen LogP contribution in [-0.4, -0.2) is 20.1 Å². The molecule has 2 aromatic rings. The lowest BCUT2D eigenvalue weighted by Gasteiger charge is -2.10. The van der Waals surface area contributed by atoms with Crippen molar-refractivity contribution >= 4 is 11.6 Å². The predicted molar refractivity (Wildman–Crippen MR) is 75.7 cm³/mol. The van der Waals surface area contributed by atoms with Crippen LogP contribution in [-0.2, 0) is 0 Å². The molecule has 1 N–H and O–H groups in total. The summed E-state index contributed by atoms with van der Waals surface area (Å²) < 4.78 is 15.7. The van der Waals surface area contributed by atoms with Crippen LogP contribution in [0.2, 0.25) is 0 Å². The number of benzene rings is 1. The summed E-state index contributed by atoms with van der Waals surface area (Å²) in [6.07, 6.45) is 0. The van der Waals surface area contributed by atoms with Crippen LogP contribution < -0.4 is 14.8 Å². The lowest BCUT2D eigenvalue weighted by Crippen LogP contribution is -2.11. The number of hydrogen-bond acceptors (Lipinski definition) is 4. The highest BCUT2D eigenvalue weighted by atomic mass is 16.5. The molecule has 0 radical (unpaired) electrons. The molecule has 1 aromatic carbocycles. The average molecular weight is 275 g/mol. The zero-order valence-corrected chi connectivity index (χ0v) is 11.9. The molecule has 1 heterocycles. The number of hydrogen-bond donors (Lipinski definition) is 1. The van der Waals surface area contributed by atoms with Crippen molar-refractivity contribution in [1.29, 1.82) is 0 Å². The molecule has 2 rings (SSSR count). The quantitative estimate of drug-likeness (QED) is 0.931. The summed E-state index contributed by atoms with van der Waals surface area (Å²) in [4.78, 5) is 12.1. The second-order valence-electron chi connectivity index (χ2n) is 4.37. The number of nitrogens with one attached hydrogen (secondary N) is 1. The fraction of sp³-hybridized carbons (Fsp3) is 0.267. The molecule has 5 nitrogen and oxygen atoms in total. The van der Waals surface area contributed by atoms with Gasteiger partial charge < -0.3 is 19.2 Å². The SMILES string of the molecule is COc1ccc(NC(=O)c2cc(C)c(C)o2)c(OC)c1. The van der Waals surface area contributed by atoms with Crippen molar-refractivity contribution in [1.82, 2.24) is 0 Å². The van der Waals surface area contributed by atoms with Gasteiger partial charge in [-0.2, -0.15) is 0 Å². The second kappa shape index (κ2) is 5.69. The van der Waals surface area contributed by atoms with Gasteiger partial charge in [-0.3, -0.25) is 4.79 Å². The molecule has 5 heteroatoms. The van der Waals surface area contributed by atoms with Gasteiger partial charge in [-0.25, -0.2) is 0 Å². The molecule has 0 aliphatic rings. The molecular formula is C15H17NO4. The number of rotatable bonds is 4. The third-order valence-electron chi connectivity index (χ3n) is 3.05. The third kappa shape index (κ3) is 2.77. The van der Waals surface area contributed by atoms with Crippen LogP contribution in [0.1, 0.15) is 21.9 Å². The number of ether oxygens (including phenoxy) is 2. The van der Waals surface area contributed by atoms with Gasteiger partial charge in [-0.05, 0) is 37.6 Å². The topological polar surface area (TPSA) is 60.7 Å². The van der Waals surface area contributed by atoms with Gasteiger partial charge in [0.05, 0.1) is 19.9 Å². The van der Waals surface area contributed by atoms with E-state index in [0.29, 0.717) is 17.2 Å². The molecule has 0 saturated heterocycles. The largest absolute Gasteiger partial charge is 0.497 e. The van der Waals surface area contributed by atoms with Crippen molar-refractivity contribution in [3.63, 3.8) is 0 Å². The van der Waals surface area contributed by atoms with Gasteiger partial charge in [0.15, 0.2) is 5.76 Å². The van der Waals surface area contributed by atoms with E-state index in [9.17, 15) is 4.79 Å². The molecule has 0 atom stereocenters. The van der Waals surface area contributed by atoms with Gasteiger partial charge in [0, 0.05) is 6.07 Å². The van der Waals surface area contributed by atoms with Gasteiger partial charge in [-0.15, -0.1) is 0 Å². The fourth-order valence-electron chi connectivity index (χ4n) is 1.77. The fourth-order valence-corrected chi connectivity index (χ4v) is 1.77. The monoisotopic (exact) mass is 275 g/mol. The summed E-state index contributed by atoms with van der Waals surface area (Å²) in [5.74, 6) is 1.88. The van der Waals surface area contributed by atoms with Crippen molar-refractivity contribution in [3.05, 3.63) is 41.3 Å². The third-order valence-corrected chi connectivity index (χ3v) is 3.05. The standard InChI is InChI=1S/C15H17NO4/c1-9-7-14(20-10(9)2)15(17)16-12-6-5-11(18-3)8-13(12)19-4/h5-8H,1-4H3,(H,16,17). The molecule has 106 valence electrons. The Bertz CT molecular complexity index is 611. The number of amides is 1. The lowest BCUT2D eigenvalue weighted by molar-refractivity contribution is 0.0995. The van der Waals surface area contributed by atoms with Gasteiger partial charge in [0.25, 0.3) is 5.91 Å². The van der Waals surface area contributed by atoms with Gasteiger partial charge in [-0.1, -0.05) is 0 Å². The molecule has 0 saturated carbocycles. The van der Waals surface area contributed by atoms with E-state index < -0.39 is 0 Å². The molecule has 0 spiro atoms. The number of methoxy groups -OCH3 is 2. The van der Waals surface area contributed by atoms with Gasteiger partial charge in [0.1, 0.15) is 17.3 Å². The number of anilines is 1. The van der Waals surface area contributed by atoms with Crippen molar-refractivity contribution in [3.8, 4) is 11.5 Å². The highest BCUT2D eigenvalue weighted by molar-refractivity contribution is 6.03. The Kier molecular flexibility index (Phi) is 3.98. The minimum absolute atomic E-state index is 0.276. The number of carbonyl (C=O) groups is 1. The minimum atomic E-state index is -0.315. The maximum Gasteiger partial charge on any atom is 0.291 e. The molecule has 1 aromatic heterocycles. The lowest BCUT2D eigenvalue weighted by atomic mass is 10.2. The Morgan fingerprint density at radius 3 is 2.45 bits per heavy atom. The van der Waals surface area contributed by atoms with Crippen LogP contribution in [0.5, 0.6) is 11.5 Å². The Labute approximate surface area is 117 Å². The summed E-state index contributed by atoms with van der Waals surface area (Å²) in [6.45, 7) is 3.71. The summed E-state index contributed by atoms with van der Waals surface area (Å²) in [5.41, 5.74) is 1.50. The van der Waals surface area contributed by atoms with E-state index in [2.05, 4.69) is 5.32 Å². The number of carbonyl (C=O) groups excluding carboxylic acids is 1. The zero-order valence-electron chi connectivity index (χ0n) is 11.9. The van der Waals surface area contributed by atoms with Crippen LogP contribution >= 0.6 is 0 Å². The van der Waals surface area contributed by atoms with Crippen LogP contribution in [0, 0.1) is 13.8 Å². The Hall–Kier alpha value is -2.43. The van der Waals surface area contributed by atoms with E-state index in [0.717, 1.165) is 11.3 Å². The molecule has 1 amide bonds. The summed E-state index contributed by atoms with van der Waals surface area (Å²) >= 11 is 0. The van der Waals surface area contributed by atoms with Crippen LogP contribution in [0.15, 0.2) is 28.7 Å². The average Bonchev–Trinajstić information content (AvgIpc) is 2.79. The second-order valence-corrected chi connectivity index (χ2v) is 4.37. The van der Waals surface area contributed by atoms with Crippen molar-refractivity contribution in [2.24, 2.45) is 0 Å². The van der Waals surface area contributed by atoms with Crippen LogP contribution in [0.3, 0.4) is 0 Å². The molecule has 0 bridgehead atoms. The van der Waals surface area contributed by atoms with E-state index >= 15 is 0 Å². The molecule has 0 aliphatic carbocycles. The van der Waals surface area contributed by atoms with Crippen LogP contribution in [0.25, 0.3) is 0 Å². The number of furan rings is 1. The highest BCUT2D eigenvalue weighted by Crippen LogP contribution is 2.29. The first-order valence-electron chi connectivity index (χ1n) is 6.15. The summed E-state index contributed by atoms with van der Waals surface area (Å²) in [6, 6.07) is 6.88. The maximum absolute atomic E-state index is 12.1. The molecule has 0 aliphatic heterocycles. The molecule has 0 unspecified atom stereocenters. The first-order valence-corrected chi connectivity index (χ1v) is 6.15. The predicted octanol–water partition coefficient (Wildman–Crippen LogP) is 3.17. The van der Waals surface area contributed by atoms with Gasteiger partial charge >= 0.3 is 0 Å². The van der Waals surface area contributed by atoms with Crippen LogP contribution in [0.4, 0.5) is 5.69 Å². The maximum atomic E-state index is 12.1. The molecule has 0 fully saturated rings. The summed E-state index contributed by atoms with van der Waals surface area (Å²) in [7, 11) is 3.10.